The second kappa shape index (κ2) is 9.71. The molecule has 0 aliphatic heterocycles. The third-order valence-corrected chi connectivity index (χ3v) is 8.91. The average Bonchev–Trinajstić information content (AvgIpc) is 3.38. The summed E-state index contributed by atoms with van der Waals surface area (Å²) in [4.78, 5) is 0. The molecule has 1 aromatic heterocycles. The molecule has 1 nitrogen and oxygen atoms in total. The van der Waals surface area contributed by atoms with Gasteiger partial charge in [-0.15, -0.1) is 0 Å². The van der Waals surface area contributed by atoms with Crippen molar-refractivity contribution in [2.24, 2.45) is 0 Å². The van der Waals surface area contributed by atoms with Crippen LogP contribution in [0.4, 0.5) is 0 Å². The van der Waals surface area contributed by atoms with Crippen molar-refractivity contribution in [3.63, 3.8) is 0 Å². The summed E-state index contributed by atoms with van der Waals surface area (Å²) in [5.41, 5.74) is 10.1. The lowest BCUT2D eigenvalue weighted by Gasteiger charge is -2.26. The highest BCUT2D eigenvalue weighted by Gasteiger charge is 2.24. The molecule has 0 aliphatic carbocycles. The van der Waals surface area contributed by atoms with Gasteiger partial charge >= 0.3 is 0 Å². The average molecular weight is 552 g/mol. The maximum absolute atomic E-state index is 2.44. The van der Waals surface area contributed by atoms with E-state index in [1.807, 2.05) is 0 Å². The molecule has 0 saturated heterocycles. The highest BCUT2D eigenvalue weighted by molar-refractivity contribution is 6.21. The van der Waals surface area contributed by atoms with E-state index < -0.39 is 0 Å². The number of rotatable bonds is 3. The van der Waals surface area contributed by atoms with E-state index in [-0.39, 0.29) is 5.41 Å². The predicted octanol–water partition coefficient (Wildman–Crippen LogP) is 11.7. The molecule has 0 saturated carbocycles. The summed E-state index contributed by atoms with van der Waals surface area (Å²) in [5.74, 6) is 0. The monoisotopic (exact) mass is 551 g/mol. The zero-order chi connectivity index (χ0) is 29.1. The van der Waals surface area contributed by atoms with Crippen LogP contribution >= 0.6 is 0 Å². The Balaban J connectivity index is 1.52. The van der Waals surface area contributed by atoms with E-state index in [2.05, 4.69) is 171 Å². The van der Waals surface area contributed by atoms with Crippen LogP contribution in [-0.4, -0.2) is 4.57 Å². The van der Waals surface area contributed by atoms with Crippen molar-refractivity contribution in [1.82, 2.24) is 4.57 Å². The molecule has 0 unspecified atom stereocenters. The molecule has 8 aromatic rings. The molecule has 206 valence electrons. The van der Waals surface area contributed by atoms with Crippen LogP contribution in [-0.2, 0) is 5.41 Å². The van der Waals surface area contributed by atoms with Gasteiger partial charge in [0.05, 0.1) is 11.0 Å². The minimum absolute atomic E-state index is 0.0466. The topological polar surface area (TPSA) is 4.93 Å². The van der Waals surface area contributed by atoms with E-state index >= 15 is 0 Å². The molecule has 0 amide bonds. The molecular formula is C42H33N. The fourth-order valence-corrected chi connectivity index (χ4v) is 7.07. The van der Waals surface area contributed by atoms with Crippen molar-refractivity contribution in [1.29, 1.82) is 0 Å². The number of para-hydroxylation sites is 2. The van der Waals surface area contributed by atoms with Crippen LogP contribution in [0.3, 0.4) is 0 Å². The van der Waals surface area contributed by atoms with Crippen molar-refractivity contribution in [3.8, 4) is 27.9 Å². The maximum atomic E-state index is 2.44. The lowest BCUT2D eigenvalue weighted by Crippen LogP contribution is -2.13. The van der Waals surface area contributed by atoms with Crippen molar-refractivity contribution < 1.29 is 0 Å². The van der Waals surface area contributed by atoms with Crippen LogP contribution in [0, 0.1) is 0 Å². The third-order valence-electron chi connectivity index (χ3n) is 8.91. The van der Waals surface area contributed by atoms with Gasteiger partial charge in [0.25, 0.3) is 0 Å². The second-order valence-corrected chi connectivity index (χ2v) is 12.6. The highest BCUT2D eigenvalue weighted by atomic mass is 15.0. The Morgan fingerprint density at radius 3 is 1.37 bits per heavy atom. The van der Waals surface area contributed by atoms with Gasteiger partial charge in [0.2, 0.25) is 0 Å². The third kappa shape index (κ3) is 4.00. The van der Waals surface area contributed by atoms with Crippen molar-refractivity contribution >= 4 is 43.4 Å². The maximum Gasteiger partial charge on any atom is 0.0541 e. The molecule has 0 fully saturated rings. The standard InChI is InChI=1S/C42H33N/c1-42(2,3)37-26-25-29(43-38-23-13-11-17-30(38)31-18-12-14-24-39(31)43)27-36(37)41-34-21-9-7-19-32(34)40(28-15-5-4-6-16-28)33-20-8-10-22-35(33)41/h4-27H,1-3H3. The summed E-state index contributed by atoms with van der Waals surface area (Å²) >= 11 is 0. The molecule has 8 rings (SSSR count). The van der Waals surface area contributed by atoms with Gasteiger partial charge < -0.3 is 4.57 Å². The number of aromatic nitrogens is 1. The molecule has 1 heteroatoms. The summed E-state index contributed by atoms with van der Waals surface area (Å²) < 4.78 is 2.43. The van der Waals surface area contributed by atoms with Gasteiger partial charge in [-0.05, 0) is 79.0 Å². The molecular weight excluding hydrogens is 518 g/mol. The Morgan fingerprint density at radius 1 is 0.419 bits per heavy atom. The normalized spacial score (nSPS) is 12.1. The zero-order valence-corrected chi connectivity index (χ0v) is 24.8. The van der Waals surface area contributed by atoms with E-state index in [4.69, 9.17) is 0 Å². The van der Waals surface area contributed by atoms with E-state index in [1.54, 1.807) is 0 Å². The number of benzene rings is 7. The van der Waals surface area contributed by atoms with Gasteiger partial charge in [0.1, 0.15) is 0 Å². The highest BCUT2D eigenvalue weighted by Crippen LogP contribution is 2.47. The Kier molecular flexibility index (Phi) is 5.77. The molecule has 0 atom stereocenters. The quantitative estimate of drug-likeness (QED) is 0.192. The van der Waals surface area contributed by atoms with Gasteiger partial charge in [-0.25, -0.2) is 0 Å². The molecule has 0 radical (unpaired) electrons. The van der Waals surface area contributed by atoms with Crippen molar-refractivity contribution in [2.45, 2.75) is 26.2 Å². The van der Waals surface area contributed by atoms with E-state index in [1.165, 1.54) is 76.9 Å². The van der Waals surface area contributed by atoms with Crippen LogP contribution in [0.2, 0.25) is 0 Å². The fourth-order valence-electron chi connectivity index (χ4n) is 7.07. The first-order valence-corrected chi connectivity index (χ1v) is 15.1. The number of hydrogen-bond donors (Lipinski definition) is 0. The van der Waals surface area contributed by atoms with Crippen molar-refractivity contribution in [2.75, 3.05) is 0 Å². The Morgan fingerprint density at radius 2 is 0.860 bits per heavy atom. The van der Waals surface area contributed by atoms with E-state index in [9.17, 15) is 0 Å². The minimum Gasteiger partial charge on any atom is -0.309 e. The zero-order valence-electron chi connectivity index (χ0n) is 24.8. The second-order valence-electron chi connectivity index (χ2n) is 12.6. The van der Waals surface area contributed by atoms with Crippen molar-refractivity contribution in [3.05, 3.63) is 151 Å². The van der Waals surface area contributed by atoms with Gasteiger partial charge in [-0.3, -0.25) is 0 Å². The predicted molar refractivity (Wildman–Crippen MR) is 185 cm³/mol. The SMILES string of the molecule is CC(C)(C)c1ccc(-n2c3ccccc3c3ccccc32)cc1-c1c2ccccc2c(-c2ccccc2)c2ccccc12. The number of hydrogen-bond acceptors (Lipinski definition) is 0. The summed E-state index contributed by atoms with van der Waals surface area (Å²) in [6.45, 7) is 6.98. The smallest absolute Gasteiger partial charge is 0.0541 e. The Labute approximate surface area is 252 Å². The van der Waals surface area contributed by atoms with Crippen LogP contribution in [0.25, 0.3) is 71.3 Å². The van der Waals surface area contributed by atoms with E-state index in [0.717, 1.165) is 0 Å². The van der Waals surface area contributed by atoms with Crippen LogP contribution in [0.5, 0.6) is 0 Å². The molecule has 43 heavy (non-hydrogen) atoms. The summed E-state index contributed by atoms with van der Waals surface area (Å²) in [5, 5.41) is 7.69. The molecule has 0 spiro atoms. The summed E-state index contributed by atoms with van der Waals surface area (Å²) in [7, 11) is 0. The first-order valence-electron chi connectivity index (χ1n) is 15.1. The largest absolute Gasteiger partial charge is 0.309 e. The fraction of sp³-hybridized carbons (Fsp3) is 0.0952. The van der Waals surface area contributed by atoms with Gasteiger partial charge in [-0.2, -0.15) is 0 Å². The van der Waals surface area contributed by atoms with Gasteiger partial charge in [0, 0.05) is 16.5 Å². The molecule has 7 aromatic carbocycles. The van der Waals surface area contributed by atoms with Crippen LogP contribution in [0.1, 0.15) is 26.3 Å². The van der Waals surface area contributed by atoms with Gasteiger partial charge in [-0.1, -0.05) is 142 Å². The van der Waals surface area contributed by atoms with Crippen LogP contribution in [0.15, 0.2) is 146 Å². The lowest BCUT2D eigenvalue weighted by molar-refractivity contribution is 0.592. The minimum atomic E-state index is -0.0466. The molecule has 0 aliphatic rings. The molecule has 0 bridgehead atoms. The van der Waals surface area contributed by atoms with Crippen LogP contribution < -0.4 is 0 Å². The lowest BCUT2D eigenvalue weighted by atomic mass is 9.78. The number of nitrogens with zero attached hydrogens (tertiary/aromatic N) is 1. The van der Waals surface area contributed by atoms with E-state index in [0.29, 0.717) is 0 Å². The summed E-state index contributed by atoms with van der Waals surface area (Å²) in [6, 6.07) is 53.4. The molecule has 1 heterocycles. The first-order chi connectivity index (χ1) is 21.0. The Bertz CT molecular complexity index is 2200. The van der Waals surface area contributed by atoms with Gasteiger partial charge in [0.15, 0.2) is 0 Å². The Hall–Kier alpha value is -5.14. The summed E-state index contributed by atoms with van der Waals surface area (Å²) in [6.07, 6.45) is 0. The first kappa shape index (κ1) is 25.6. The number of fused-ring (bicyclic) bond motifs is 5. The molecule has 0 N–H and O–H groups in total.